The zero-order chi connectivity index (χ0) is 16.5. The minimum Gasteiger partial charge on any atom is -0.368 e. The van der Waals surface area contributed by atoms with Gasteiger partial charge < -0.3 is 15.0 Å². The Morgan fingerprint density at radius 2 is 2.12 bits per heavy atom. The largest absolute Gasteiger partial charge is 0.368 e. The third-order valence-corrected chi connectivity index (χ3v) is 4.58. The number of nitrogens with zero attached hydrogens (tertiary/aromatic N) is 3. The zero-order valence-corrected chi connectivity index (χ0v) is 13.6. The van der Waals surface area contributed by atoms with Gasteiger partial charge in [0.25, 0.3) is 5.91 Å². The van der Waals surface area contributed by atoms with Crippen LogP contribution >= 0.6 is 0 Å². The fourth-order valence-corrected chi connectivity index (χ4v) is 3.43. The molecular formula is C18H20N4O2. The molecule has 1 N–H and O–H groups in total. The maximum atomic E-state index is 12.1. The Morgan fingerprint density at radius 3 is 2.88 bits per heavy atom. The number of benzene rings is 1. The molecule has 0 radical (unpaired) electrons. The van der Waals surface area contributed by atoms with E-state index >= 15 is 0 Å². The molecule has 0 spiro atoms. The van der Waals surface area contributed by atoms with E-state index in [0.29, 0.717) is 18.5 Å². The second kappa shape index (κ2) is 6.20. The van der Waals surface area contributed by atoms with E-state index in [0.717, 1.165) is 25.1 Å². The van der Waals surface area contributed by atoms with E-state index in [1.54, 1.807) is 6.07 Å². The van der Waals surface area contributed by atoms with Crippen LogP contribution in [0, 0.1) is 0 Å². The van der Waals surface area contributed by atoms with Gasteiger partial charge in [-0.25, -0.2) is 0 Å². The lowest BCUT2D eigenvalue weighted by molar-refractivity contribution is -0.124. The molecule has 0 saturated carbocycles. The molecule has 1 saturated heterocycles. The number of hydrogen-bond acceptors (Lipinski definition) is 5. The molecule has 3 heterocycles. The molecule has 0 bridgehead atoms. The van der Waals surface area contributed by atoms with Crippen LogP contribution in [0.5, 0.6) is 0 Å². The van der Waals surface area contributed by atoms with Gasteiger partial charge in [-0.15, -0.1) is 10.2 Å². The van der Waals surface area contributed by atoms with Crippen molar-refractivity contribution in [2.45, 2.75) is 38.3 Å². The molecule has 2 aromatic rings. The Morgan fingerprint density at radius 1 is 1.25 bits per heavy atom. The highest BCUT2D eigenvalue weighted by atomic mass is 16.5. The van der Waals surface area contributed by atoms with Crippen molar-refractivity contribution in [3.8, 4) is 0 Å². The topological polar surface area (TPSA) is 67.4 Å². The molecule has 4 rings (SSSR count). The molecule has 24 heavy (non-hydrogen) atoms. The molecular weight excluding hydrogens is 304 g/mol. The smallest absolute Gasteiger partial charge is 0.254 e. The second-order valence-corrected chi connectivity index (χ2v) is 6.32. The summed E-state index contributed by atoms with van der Waals surface area (Å²) in [7, 11) is 0. The minimum absolute atomic E-state index is 0.144. The fourth-order valence-electron chi connectivity index (χ4n) is 3.43. The molecule has 124 valence electrons. The molecule has 2 atom stereocenters. The Labute approximate surface area is 140 Å². The zero-order valence-electron chi connectivity index (χ0n) is 13.6. The fraction of sp³-hybridized carbons (Fsp3) is 0.389. The van der Waals surface area contributed by atoms with Crippen molar-refractivity contribution in [2.24, 2.45) is 0 Å². The van der Waals surface area contributed by atoms with Crippen molar-refractivity contribution in [1.82, 2.24) is 10.2 Å². The van der Waals surface area contributed by atoms with Gasteiger partial charge in [-0.2, -0.15) is 0 Å². The monoisotopic (exact) mass is 324 g/mol. The van der Waals surface area contributed by atoms with E-state index in [1.807, 2.05) is 12.1 Å². The number of carbonyl (C=O) groups excluding carboxylic acids is 1. The number of ether oxygens (including phenoxy) is 1. The Bertz CT molecular complexity index is 741. The third kappa shape index (κ3) is 2.73. The average molecular weight is 324 g/mol. The lowest BCUT2D eigenvalue weighted by atomic mass is 10.1. The van der Waals surface area contributed by atoms with E-state index in [1.165, 1.54) is 11.3 Å². The van der Waals surface area contributed by atoms with Gasteiger partial charge in [0.15, 0.2) is 11.6 Å². The van der Waals surface area contributed by atoms with Crippen LogP contribution in [0.3, 0.4) is 0 Å². The van der Waals surface area contributed by atoms with E-state index < -0.39 is 0 Å². The average Bonchev–Trinajstić information content (AvgIpc) is 3.23. The normalized spacial score (nSPS) is 22.5. The number of anilines is 3. The maximum absolute atomic E-state index is 12.1. The van der Waals surface area contributed by atoms with Crippen LogP contribution in [0.2, 0.25) is 0 Å². The molecule has 2 aliphatic heterocycles. The van der Waals surface area contributed by atoms with Crippen LogP contribution in [0.4, 0.5) is 17.3 Å². The summed E-state index contributed by atoms with van der Waals surface area (Å²) < 4.78 is 5.38. The van der Waals surface area contributed by atoms with Crippen LogP contribution in [0.15, 0.2) is 36.4 Å². The van der Waals surface area contributed by atoms with Gasteiger partial charge in [0.2, 0.25) is 0 Å². The van der Waals surface area contributed by atoms with Crippen molar-refractivity contribution in [2.75, 3.05) is 16.8 Å². The summed E-state index contributed by atoms with van der Waals surface area (Å²) >= 11 is 0. The quantitative estimate of drug-likeness (QED) is 0.940. The van der Waals surface area contributed by atoms with Crippen LogP contribution in [-0.4, -0.2) is 34.9 Å². The number of rotatable bonds is 3. The number of carbonyl (C=O) groups is 1. The Balaban J connectivity index is 1.51. The number of para-hydroxylation sites is 1. The van der Waals surface area contributed by atoms with Gasteiger partial charge >= 0.3 is 0 Å². The molecule has 1 amide bonds. The SMILES string of the molecule is CC1Cc2ccccc2N1c1ccc(NC(=O)C2CCCO2)nn1. The lowest BCUT2D eigenvalue weighted by Crippen LogP contribution is -2.28. The van der Waals surface area contributed by atoms with Crippen LogP contribution in [0.1, 0.15) is 25.3 Å². The molecule has 1 fully saturated rings. The van der Waals surface area contributed by atoms with Crippen molar-refractivity contribution in [3.05, 3.63) is 42.0 Å². The summed E-state index contributed by atoms with van der Waals surface area (Å²) in [6, 6.07) is 12.4. The predicted octanol–water partition coefficient (Wildman–Crippen LogP) is 2.68. The lowest BCUT2D eigenvalue weighted by Gasteiger charge is -2.23. The summed E-state index contributed by atoms with van der Waals surface area (Å²) in [5.41, 5.74) is 2.50. The van der Waals surface area contributed by atoms with Crippen molar-refractivity contribution < 1.29 is 9.53 Å². The molecule has 1 aromatic carbocycles. The van der Waals surface area contributed by atoms with E-state index in [4.69, 9.17) is 4.74 Å². The molecule has 2 aliphatic rings. The first-order valence-corrected chi connectivity index (χ1v) is 8.36. The number of fused-ring (bicyclic) bond motifs is 1. The highest BCUT2D eigenvalue weighted by Crippen LogP contribution is 2.36. The van der Waals surface area contributed by atoms with Gasteiger partial charge in [-0.05, 0) is 49.9 Å². The molecule has 6 nitrogen and oxygen atoms in total. The molecule has 2 unspecified atom stereocenters. The van der Waals surface area contributed by atoms with Crippen LogP contribution in [-0.2, 0) is 16.0 Å². The summed E-state index contributed by atoms with van der Waals surface area (Å²) in [4.78, 5) is 14.2. The van der Waals surface area contributed by atoms with E-state index in [9.17, 15) is 4.79 Å². The number of hydrogen-bond donors (Lipinski definition) is 1. The number of amides is 1. The van der Waals surface area contributed by atoms with Gasteiger partial charge in [0, 0.05) is 18.3 Å². The summed E-state index contributed by atoms with van der Waals surface area (Å²) in [6.07, 6.45) is 2.32. The minimum atomic E-state index is -0.364. The summed E-state index contributed by atoms with van der Waals surface area (Å²) in [5.74, 6) is 1.11. The highest BCUT2D eigenvalue weighted by molar-refractivity contribution is 5.93. The van der Waals surface area contributed by atoms with Gasteiger partial charge in [-0.3, -0.25) is 4.79 Å². The Hall–Kier alpha value is -2.47. The summed E-state index contributed by atoms with van der Waals surface area (Å²) in [5, 5.41) is 11.2. The number of aromatic nitrogens is 2. The van der Waals surface area contributed by atoms with Crippen molar-refractivity contribution in [3.63, 3.8) is 0 Å². The Kier molecular flexibility index (Phi) is 3.90. The highest BCUT2D eigenvalue weighted by Gasteiger charge is 2.28. The predicted molar refractivity (Wildman–Crippen MR) is 91.4 cm³/mol. The van der Waals surface area contributed by atoms with Crippen LogP contribution < -0.4 is 10.2 Å². The molecule has 6 heteroatoms. The van der Waals surface area contributed by atoms with Gasteiger partial charge in [0.05, 0.1) is 0 Å². The first kappa shape index (κ1) is 15.1. The van der Waals surface area contributed by atoms with Crippen molar-refractivity contribution >= 4 is 23.2 Å². The van der Waals surface area contributed by atoms with Gasteiger partial charge in [-0.1, -0.05) is 18.2 Å². The van der Waals surface area contributed by atoms with E-state index in [2.05, 4.69) is 45.5 Å². The first-order chi connectivity index (χ1) is 11.7. The van der Waals surface area contributed by atoms with E-state index in [-0.39, 0.29) is 12.0 Å². The molecule has 1 aromatic heterocycles. The van der Waals surface area contributed by atoms with Crippen molar-refractivity contribution in [1.29, 1.82) is 0 Å². The number of nitrogens with one attached hydrogen (secondary N) is 1. The first-order valence-electron chi connectivity index (χ1n) is 8.36. The third-order valence-electron chi connectivity index (χ3n) is 4.58. The van der Waals surface area contributed by atoms with Crippen LogP contribution in [0.25, 0.3) is 0 Å². The standard InChI is InChI=1S/C18H20N4O2/c1-12-11-13-5-2-3-6-14(13)22(12)17-9-8-16(20-21-17)19-18(23)15-7-4-10-24-15/h2-3,5-6,8-9,12,15H,4,7,10-11H2,1H3,(H,19,20,23). The second-order valence-electron chi connectivity index (χ2n) is 6.32. The summed E-state index contributed by atoms with van der Waals surface area (Å²) in [6.45, 7) is 2.82. The van der Waals surface area contributed by atoms with Gasteiger partial charge in [0.1, 0.15) is 6.10 Å². The maximum Gasteiger partial charge on any atom is 0.254 e. The molecule has 0 aliphatic carbocycles.